The Morgan fingerprint density at radius 2 is 1.97 bits per heavy atom. The normalized spacial score (nSPS) is 10.6. The molecule has 1 amide bonds. The van der Waals surface area contributed by atoms with Crippen LogP contribution in [0.15, 0.2) is 41.3 Å². The molecule has 0 saturated heterocycles. The second-order valence-electron chi connectivity index (χ2n) is 6.47. The summed E-state index contributed by atoms with van der Waals surface area (Å²) >= 11 is 1.26. The lowest BCUT2D eigenvalue weighted by Crippen LogP contribution is -2.26. The number of amides is 1. The predicted molar refractivity (Wildman–Crippen MR) is 112 cm³/mol. The molecule has 0 unspecified atom stereocenters. The second kappa shape index (κ2) is 8.40. The van der Waals surface area contributed by atoms with E-state index in [-0.39, 0.29) is 12.3 Å². The second-order valence-corrected chi connectivity index (χ2v) is 7.70. The number of benzene rings is 1. The third-order valence-electron chi connectivity index (χ3n) is 4.38. The third-order valence-corrected chi connectivity index (χ3v) is 5.50. The van der Waals surface area contributed by atoms with Crippen molar-refractivity contribution in [3.05, 3.63) is 74.0 Å². The topological polar surface area (TPSA) is 90.3 Å². The lowest BCUT2D eigenvalue weighted by atomic mass is 10.1. The summed E-state index contributed by atoms with van der Waals surface area (Å²) in [5, 5.41) is 7.21. The lowest BCUT2D eigenvalue weighted by Gasteiger charge is -2.09. The summed E-state index contributed by atoms with van der Waals surface area (Å²) in [4.78, 5) is 38.3. The highest BCUT2D eigenvalue weighted by atomic mass is 32.1. The number of aromatic nitrogens is 2. The van der Waals surface area contributed by atoms with Crippen molar-refractivity contribution < 1.29 is 14.3 Å². The van der Waals surface area contributed by atoms with Gasteiger partial charge in [-0.3, -0.25) is 9.59 Å². The number of aryl methyl sites for hydroxylation is 2. The number of anilines is 1. The van der Waals surface area contributed by atoms with E-state index in [0.717, 1.165) is 21.7 Å². The van der Waals surface area contributed by atoms with Gasteiger partial charge in [0.1, 0.15) is 5.00 Å². The van der Waals surface area contributed by atoms with E-state index in [4.69, 9.17) is 4.74 Å². The van der Waals surface area contributed by atoms with Gasteiger partial charge in [0, 0.05) is 17.1 Å². The first-order valence-corrected chi connectivity index (χ1v) is 9.89. The number of thiophene rings is 1. The van der Waals surface area contributed by atoms with Crippen LogP contribution in [0.1, 0.15) is 43.8 Å². The maximum Gasteiger partial charge on any atom is 0.341 e. The maximum atomic E-state index is 12.8. The zero-order valence-electron chi connectivity index (χ0n) is 16.6. The molecule has 0 atom stereocenters. The van der Waals surface area contributed by atoms with Crippen molar-refractivity contribution in [1.29, 1.82) is 0 Å². The number of ether oxygens (including phenoxy) is 1. The molecule has 2 aromatic heterocycles. The number of esters is 1. The zero-order valence-corrected chi connectivity index (χ0v) is 17.4. The number of hydrogen-bond acceptors (Lipinski definition) is 6. The molecule has 1 N–H and O–H groups in total. The van der Waals surface area contributed by atoms with Gasteiger partial charge in [-0.1, -0.05) is 12.1 Å². The Morgan fingerprint density at radius 3 is 2.66 bits per heavy atom. The molecule has 1 aromatic carbocycles. The lowest BCUT2D eigenvalue weighted by molar-refractivity contribution is 0.0527. The highest BCUT2D eigenvalue weighted by molar-refractivity contribution is 7.16. The number of carbonyl (C=O) groups excluding carboxylic acids is 2. The monoisotopic (exact) mass is 411 g/mol. The summed E-state index contributed by atoms with van der Waals surface area (Å²) in [6.45, 7) is 7.52. The minimum atomic E-state index is -0.677. The summed E-state index contributed by atoms with van der Waals surface area (Å²) in [5.74, 6) is -1.19. The maximum absolute atomic E-state index is 12.8. The smallest absolute Gasteiger partial charge is 0.341 e. The van der Waals surface area contributed by atoms with Crippen molar-refractivity contribution in [2.45, 2.75) is 27.7 Å². The van der Waals surface area contributed by atoms with E-state index >= 15 is 0 Å². The van der Waals surface area contributed by atoms with E-state index in [1.54, 1.807) is 13.8 Å². The average Bonchev–Trinajstić information content (AvgIpc) is 2.95. The number of hydrogen-bond donors (Lipinski definition) is 1. The van der Waals surface area contributed by atoms with Crippen LogP contribution in [0.4, 0.5) is 5.00 Å². The molecule has 2 heterocycles. The molecule has 0 aliphatic carbocycles. The van der Waals surface area contributed by atoms with Gasteiger partial charge in [0.15, 0.2) is 5.69 Å². The van der Waals surface area contributed by atoms with Crippen LogP contribution in [-0.4, -0.2) is 28.3 Å². The molecule has 0 aliphatic rings. The highest BCUT2D eigenvalue weighted by Crippen LogP contribution is 2.33. The van der Waals surface area contributed by atoms with Crippen LogP contribution < -0.4 is 10.7 Å². The summed E-state index contributed by atoms with van der Waals surface area (Å²) in [6.07, 6.45) is 1.51. The Morgan fingerprint density at radius 1 is 1.21 bits per heavy atom. The van der Waals surface area contributed by atoms with E-state index in [2.05, 4.69) is 10.4 Å². The average molecular weight is 411 g/mol. The fourth-order valence-corrected chi connectivity index (χ4v) is 3.85. The van der Waals surface area contributed by atoms with E-state index in [0.29, 0.717) is 10.6 Å². The fourth-order valence-electron chi connectivity index (χ4n) is 2.81. The van der Waals surface area contributed by atoms with Gasteiger partial charge in [-0.05, 0) is 51.0 Å². The molecule has 0 bridgehead atoms. The van der Waals surface area contributed by atoms with Gasteiger partial charge in [0.2, 0.25) is 5.43 Å². The van der Waals surface area contributed by atoms with E-state index in [9.17, 15) is 14.4 Å². The van der Waals surface area contributed by atoms with E-state index < -0.39 is 17.3 Å². The molecule has 0 radical (unpaired) electrons. The van der Waals surface area contributed by atoms with Crippen molar-refractivity contribution >= 4 is 28.2 Å². The summed E-state index contributed by atoms with van der Waals surface area (Å²) in [7, 11) is 0. The number of nitrogens with zero attached hydrogens (tertiary/aromatic N) is 2. The van der Waals surface area contributed by atoms with Crippen molar-refractivity contribution in [1.82, 2.24) is 9.78 Å². The molecule has 8 heteroatoms. The number of nitrogens with one attached hydrogen (secondary N) is 1. The van der Waals surface area contributed by atoms with Gasteiger partial charge in [0.25, 0.3) is 5.91 Å². The van der Waals surface area contributed by atoms with Gasteiger partial charge < -0.3 is 10.1 Å². The number of carbonyl (C=O) groups is 2. The quantitative estimate of drug-likeness (QED) is 0.647. The Kier molecular flexibility index (Phi) is 5.93. The first-order valence-electron chi connectivity index (χ1n) is 9.07. The summed E-state index contributed by atoms with van der Waals surface area (Å²) < 4.78 is 6.57. The van der Waals surface area contributed by atoms with Crippen LogP contribution in [0.5, 0.6) is 0 Å². The van der Waals surface area contributed by atoms with Crippen molar-refractivity contribution in [3.8, 4) is 5.69 Å². The van der Waals surface area contributed by atoms with Gasteiger partial charge in [-0.2, -0.15) is 5.10 Å². The molecule has 0 aliphatic heterocycles. The Bertz CT molecular complexity index is 1150. The SMILES string of the molecule is CCOC(=O)c1c(NC(=O)c2nn(-c3cccc(C)c3)ccc2=O)sc(C)c1C. The Hall–Kier alpha value is -3.26. The molecular weight excluding hydrogens is 390 g/mol. The van der Waals surface area contributed by atoms with Crippen LogP contribution in [0.3, 0.4) is 0 Å². The summed E-state index contributed by atoms with van der Waals surface area (Å²) in [6, 6.07) is 8.83. The van der Waals surface area contributed by atoms with Crippen LogP contribution >= 0.6 is 11.3 Å². The molecular formula is C21H21N3O4S. The van der Waals surface area contributed by atoms with Crippen LogP contribution in [-0.2, 0) is 4.74 Å². The van der Waals surface area contributed by atoms with Crippen LogP contribution in [0.2, 0.25) is 0 Å². The number of rotatable bonds is 5. The molecule has 7 nitrogen and oxygen atoms in total. The molecule has 0 saturated carbocycles. The molecule has 3 rings (SSSR count). The third kappa shape index (κ3) is 4.27. The fraction of sp³-hybridized carbons (Fsp3) is 0.238. The van der Waals surface area contributed by atoms with Gasteiger partial charge in [-0.25, -0.2) is 9.48 Å². The first kappa shape index (κ1) is 20.5. The predicted octanol–water partition coefficient (Wildman–Crippen LogP) is 3.65. The minimum Gasteiger partial charge on any atom is -0.462 e. The van der Waals surface area contributed by atoms with Crippen molar-refractivity contribution in [2.24, 2.45) is 0 Å². The van der Waals surface area contributed by atoms with E-state index in [1.165, 1.54) is 28.3 Å². The Balaban J connectivity index is 1.96. The molecule has 0 fully saturated rings. The van der Waals surface area contributed by atoms with Crippen molar-refractivity contribution in [2.75, 3.05) is 11.9 Å². The first-order chi connectivity index (χ1) is 13.8. The van der Waals surface area contributed by atoms with Crippen LogP contribution in [0, 0.1) is 20.8 Å². The highest BCUT2D eigenvalue weighted by Gasteiger charge is 2.24. The standard InChI is InChI=1S/C21H21N3O4S/c1-5-28-21(27)17-13(3)14(4)29-20(17)22-19(26)18-16(25)9-10-24(23-18)15-8-6-7-12(2)11-15/h6-11H,5H2,1-4H3,(H,22,26). The van der Waals surface area contributed by atoms with Gasteiger partial charge in [-0.15, -0.1) is 11.3 Å². The molecule has 29 heavy (non-hydrogen) atoms. The Labute approximate surface area is 172 Å². The van der Waals surface area contributed by atoms with Crippen molar-refractivity contribution in [3.63, 3.8) is 0 Å². The molecule has 0 spiro atoms. The molecule has 3 aromatic rings. The summed E-state index contributed by atoms with van der Waals surface area (Å²) in [5.41, 5.74) is 2.04. The van der Waals surface area contributed by atoms with Crippen LogP contribution in [0.25, 0.3) is 5.69 Å². The minimum absolute atomic E-state index is 0.224. The largest absolute Gasteiger partial charge is 0.462 e. The van der Waals surface area contributed by atoms with E-state index in [1.807, 2.05) is 38.1 Å². The van der Waals surface area contributed by atoms with Gasteiger partial charge in [0.05, 0.1) is 17.9 Å². The zero-order chi connectivity index (χ0) is 21.1. The molecule has 150 valence electrons. The van der Waals surface area contributed by atoms with Gasteiger partial charge >= 0.3 is 5.97 Å².